The molecule has 3 N–H and O–H groups in total. The standard InChI is InChI=1S/C18H25N3O5/c1-2-21(11-17(22)23)14-8-13(9-14)20-18(24)19-10-12-3-4-15-16(7-12)26-6-5-25-15/h3-4,7,13-14H,2,5-6,8-11H2,1H3,(H,22,23)(H2,19,20,24). The molecule has 0 spiro atoms. The first kappa shape index (κ1) is 18.3. The summed E-state index contributed by atoms with van der Waals surface area (Å²) in [4.78, 5) is 24.8. The Hall–Kier alpha value is -2.48. The van der Waals surface area contributed by atoms with Crippen LogP contribution in [0.1, 0.15) is 25.3 Å². The van der Waals surface area contributed by atoms with Crippen molar-refractivity contribution >= 4 is 12.0 Å². The summed E-state index contributed by atoms with van der Waals surface area (Å²) < 4.78 is 11.0. The van der Waals surface area contributed by atoms with Crippen LogP contribution in [0.5, 0.6) is 11.5 Å². The molecule has 142 valence electrons. The van der Waals surface area contributed by atoms with Crippen molar-refractivity contribution < 1.29 is 24.2 Å². The molecule has 1 aromatic rings. The third-order valence-electron chi connectivity index (χ3n) is 4.77. The van der Waals surface area contributed by atoms with E-state index in [1.807, 2.05) is 30.0 Å². The van der Waals surface area contributed by atoms with Crippen LogP contribution in [0.15, 0.2) is 18.2 Å². The van der Waals surface area contributed by atoms with Gasteiger partial charge in [-0.3, -0.25) is 9.69 Å². The van der Waals surface area contributed by atoms with E-state index >= 15 is 0 Å². The van der Waals surface area contributed by atoms with Gasteiger partial charge in [-0.15, -0.1) is 0 Å². The number of benzene rings is 1. The van der Waals surface area contributed by atoms with Gasteiger partial charge in [0.15, 0.2) is 11.5 Å². The Morgan fingerprint density at radius 3 is 2.65 bits per heavy atom. The number of urea groups is 1. The second kappa shape index (κ2) is 8.27. The quantitative estimate of drug-likeness (QED) is 0.673. The number of hydrogen-bond acceptors (Lipinski definition) is 5. The fourth-order valence-electron chi connectivity index (χ4n) is 3.29. The summed E-state index contributed by atoms with van der Waals surface area (Å²) in [6.45, 7) is 4.17. The highest BCUT2D eigenvalue weighted by atomic mass is 16.6. The number of carboxylic acids is 1. The van der Waals surface area contributed by atoms with Gasteiger partial charge in [0.2, 0.25) is 0 Å². The minimum absolute atomic E-state index is 0.0458. The van der Waals surface area contributed by atoms with Gasteiger partial charge in [0, 0.05) is 18.6 Å². The van der Waals surface area contributed by atoms with Crippen molar-refractivity contribution in [2.45, 2.75) is 38.4 Å². The van der Waals surface area contributed by atoms with Gasteiger partial charge in [0.05, 0.1) is 6.54 Å². The van der Waals surface area contributed by atoms with E-state index in [0.29, 0.717) is 32.1 Å². The van der Waals surface area contributed by atoms with Gasteiger partial charge in [0.1, 0.15) is 13.2 Å². The minimum atomic E-state index is -0.819. The third kappa shape index (κ3) is 4.57. The number of amides is 2. The molecule has 1 saturated carbocycles. The summed E-state index contributed by atoms with van der Waals surface area (Å²) in [6, 6.07) is 5.71. The van der Waals surface area contributed by atoms with Crippen molar-refractivity contribution in [3.05, 3.63) is 23.8 Å². The van der Waals surface area contributed by atoms with Crippen LogP contribution in [0.4, 0.5) is 4.79 Å². The lowest BCUT2D eigenvalue weighted by molar-refractivity contribution is -0.139. The fraction of sp³-hybridized carbons (Fsp3) is 0.556. The third-order valence-corrected chi connectivity index (χ3v) is 4.77. The van der Waals surface area contributed by atoms with Gasteiger partial charge in [0.25, 0.3) is 0 Å². The van der Waals surface area contributed by atoms with E-state index in [9.17, 15) is 9.59 Å². The van der Waals surface area contributed by atoms with Crippen LogP contribution in [0, 0.1) is 0 Å². The van der Waals surface area contributed by atoms with Gasteiger partial charge in [-0.05, 0) is 37.1 Å². The van der Waals surface area contributed by atoms with Crippen molar-refractivity contribution in [2.75, 3.05) is 26.3 Å². The molecule has 2 aliphatic rings. The molecule has 8 heteroatoms. The summed E-state index contributed by atoms with van der Waals surface area (Å²) in [7, 11) is 0. The van der Waals surface area contributed by atoms with E-state index in [4.69, 9.17) is 14.6 Å². The predicted octanol–water partition coefficient (Wildman–Crippen LogP) is 1.19. The molecule has 0 aromatic heterocycles. The van der Waals surface area contributed by atoms with Crippen LogP contribution in [0.2, 0.25) is 0 Å². The minimum Gasteiger partial charge on any atom is -0.486 e. The topological polar surface area (TPSA) is 100 Å². The molecule has 0 bridgehead atoms. The van der Waals surface area contributed by atoms with Crippen LogP contribution in [-0.2, 0) is 11.3 Å². The zero-order chi connectivity index (χ0) is 18.5. The second-order valence-electron chi connectivity index (χ2n) is 6.58. The second-order valence-corrected chi connectivity index (χ2v) is 6.58. The summed E-state index contributed by atoms with van der Waals surface area (Å²) in [5.74, 6) is 0.614. The molecule has 1 aromatic carbocycles. The maximum Gasteiger partial charge on any atom is 0.317 e. The first-order valence-electron chi connectivity index (χ1n) is 8.94. The number of hydrogen-bond donors (Lipinski definition) is 3. The molecular weight excluding hydrogens is 338 g/mol. The first-order valence-corrected chi connectivity index (χ1v) is 8.94. The molecule has 0 radical (unpaired) electrons. The molecular formula is C18H25N3O5. The van der Waals surface area contributed by atoms with Gasteiger partial charge in [-0.1, -0.05) is 13.0 Å². The van der Waals surface area contributed by atoms with E-state index in [1.165, 1.54) is 0 Å². The number of carbonyl (C=O) groups is 2. The van der Waals surface area contributed by atoms with Gasteiger partial charge in [-0.2, -0.15) is 0 Å². The lowest BCUT2D eigenvalue weighted by Crippen LogP contribution is -2.56. The van der Waals surface area contributed by atoms with Crippen LogP contribution in [-0.4, -0.2) is 60.4 Å². The lowest BCUT2D eigenvalue weighted by atomic mass is 9.85. The summed E-state index contributed by atoms with van der Waals surface area (Å²) in [5.41, 5.74) is 0.939. The van der Waals surface area contributed by atoms with Crippen molar-refractivity contribution in [3.8, 4) is 11.5 Å². The molecule has 1 aliphatic heterocycles. The van der Waals surface area contributed by atoms with Crippen molar-refractivity contribution in [3.63, 3.8) is 0 Å². The number of likely N-dealkylation sites (N-methyl/N-ethyl adjacent to an activating group) is 1. The highest BCUT2D eigenvalue weighted by Gasteiger charge is 2.34. The molecule has 0 saturated heterocycles. The van der Waals surface area contributed by atoms with Crippen LogP contribution >= 0.6 is 0 Å². The molecule has 1 heterocycles. The maximum absolute atomic E-state index is 12.0. The SMILES string of the molecule is CCN(CC(=O)O)C1CC(NC(=O)NCc2ccc3c(c2)OCCO3)C1. The Kier molecular flexibility index (Phi) is 5.82. The summed E-state index contributed by atoms with van der Waals surface area (Å²) >= 11 is 0. The monoisotopic (exact) mass is 363 g/mol. The number of fused-ring (bicyclic) bond motifs is 1. The fourth-order valence-corrected chi connectivity index (χ4v) is 3.29. The molecule has 8 nitrogen and oxygen atoms in total. The number of carboxylic acid groups (broad SMARTS) is 1. The van der Waals surface area contributed by atoms with Crippen LogP contribution in [0.25, 0.3) is 0 Å². The Morgan fingerprint density at radius 2 is 1.96 bits per heavy atom. The average molecular weight is 363 g/mol. The first-order chi connectivity index (χ1) is 12.5. The smallest absolute Gasteiger partial charge is 0.317 e. The molecule has 2 amide bonds. The zero-order valence-corrected chi connectivity index (χ0v) is 14.9. The maximum atomic E-state index is 12.0. The number of nitrogens with zero attached hydrogens (tertiary/aromatic N) is 1. The van der Waals surface area contributed by atoms with E-state index in [1.54, 1.807) is 0 Å². The number of ether oxygens (including phenoxy) is 2. The van der Waals surface area contributed by atoms with Crippen molar-refractivity contribution in [2.24, 2.45) is 0 Å². The molecule has 0 atom stereocenters. The number of rotatable bonds is 7. The molecule has 0 unspecified atom stereocenters. The Morgan fingerprint density at radius 1 is 1.23 bits per heavy atom. The largest absolute Gasteiger partial charge is 0.486 e. The van der Waals surface area contributed by atoms with Gasteiger partial charge >= 0.3 is 12.0 Å². The normalized spacial score (nSPS) is 21.0. The van der Waals surface area contributed by atoms with Gasteiger partial charge in [-0.25, -0.2) is 4.79 Å². The Bertz CT molecular complexity index is 660. The lowest BCUT2D eigenvalue weighted by Gasteiger charge is -2.42. The van der Waals surface area contributed by atoms with E-state index in [0.717, 1.165) is 24.2 Å². The van der Waals surface area contributed by atoms with E-state index in [2.05, 4.69) is 10.6 Å². The highest BCUT2D eigenvalue weighted by Crippen LogP contribution is 2.30. The Labute approximate surface area is 152 Å². The zero-order valence-electron chi connectivity index (χ0n) is 14.9. The average Bonchev–Trinajstić information content (AvgIpc) is 2.60. The Balaban J connectivity index is 1.39. The summed E-state index contributed by atoms with van der Waals surface area (Å²) in [5, 5.41) is 14.7. The summed E-state index contributed by atoms with van der Waals surface area (Å²) in [6.07, 6.45) is 1.55. The number of nitrogens with one attached hydrogen (secondary N) is 2. The molecule has 1 fully saturated rings. The van der Waals surface area contributed by atoms with Crippen LogP contribution in [0.3, 0.4) is 0 Å². The molecule has 26 heavy (non-hydrogen) atoms. The number of carbonyl (C=O) groups excluding carboxylic acids is 1. The predicted molar refractivity (Wildman–Crippen MR) is 94.5 cm³/mol. The molecule has 3 rings (SSSR count). The molecule has 1 aliphatic carbocycles. The van der Waals surface area contributed by atoms with E-state index < -0.39 is 5.97 Å². The van der Waals surface area contributed by atoms with Crippen LogP contribution < -0.4 is 20.1 Å². The number of aliphatic carboxylic acids is 1. The van der Waals surface area contributed by atoms with E-state index in [-0.39, 0.29) is 24.7 Å². The van der Waals surface area contributed by atoms with Crippen molar-refractivity contribution in [1.29, 1.82) is 0 Å². The van der Waals surface area contributed by atoms with Gasteiger partial charge < -0.3 is 25.2 Å². The highest BCUT2D eigenvalue weighted by molar-refractivity contribution is 5.74. The van der Waals surface area contributed by atoms with Crippen molar-refractivity contribution in [1.82, 2.24) is 15.5 Å².